The summed E-state index contributed by atoms with van der Waals surface area (Å²) >= 11 is 0. The zero-order valence-corrected chi connectivity index (χ0v) is 11.1. The Morgan fingerprint density at radius 3 is 2.38 bits per heavy atom. The fourth-order valence-electron chi connectivity index (χ4n) is 1.81. The summed E-state index contributed by atoms with van der Waals surface area (Å²) in [6, 6.07) is 13.6. The van der Waals surface area contributed by atoms with Gasteiger partial charge in [0.05, 0.1) is 5.56 Å². The molecule has 21 heavy (non-hydrogen) atoms. The van der Waals surface area contributed by atoms with Gasteiger partial charge < -0.3 is 4.74 Å². The lowest BCUT2D eigenvalue weighted by molar-refractivity contribution is -0.139. The summed E-state index contributed by atoms with van der Waals surface area (Å²) in [6.07, 6.45) is -3.86. The van der Waals surface area contributed by atoms with E-state index in [0.717, 1.165) is 17.7 Å². The zero-order chi connectivity index (χ0) is 15.3. The molecule has 0 heterocycles. The molecular weight excluding hydrogens is 281 g/mol. The fraction of sp³-hybridized carbons (Fsp3) is 0.188. The highest BCUT2D eigenvalue weighted by molar-refractivity contribution is 5.72. The molecular formula is C16H13F3O2. The zero-order valence-electron chi connectivity index (χ0n) is 11.1. The summed E-state index contributed by atoms with van der Waals surface area (Å²) in [5.41, 5.74) is 0.134. The SMILES string of the molecule is O=C(CCc1ccccc1)Oc1cccc(C(F)(F)F)c1. The van der Waals surface area contributed by atoms with Crippen molar-refractivity contribution >= 4 is 5.97 Å². The number of alkyl halides is 3. The second-order valence-corrected chi connectivity index (χ2v) is 4.49. The number of halogens is 3. The molecule has 0 bridgehead atoms. The number of benzene rings is 2. The second kappa shape index (κ2) is 6.43. The maximum atomic E-state index is 12.5. The van der Waals surface area contributed by atoms with Gasteiger partial charge in [-0.2, -0.15) is 13.2 Å². The highest BCUT2D eigenvalue weighted by atomic mass is 19.4. The van der Waals surface area contributed by atoms with E-state index in [-0.39, 0.29) is 12.2 Å². The molecule has 0 saturated heterocycles. The first kappa shape index (κ1) is 15.1. The molecule has 2 nitrogen and oxygen atoms in total. The van der Waals surface area contributed by atoms with Crippen LogP contribution < -0.4 is 4.74 Å². The first-order valence-electron chi connectivity index (χ1n) is 6.37. The summed E-state index contributed by atoms with van der Waals surface area (Å²) in [7, 11) is 0. The molecule has 2 rings (SSSR count). The lowest BCUT2D eigenvalue weighted by Crippen LogP contribution is -2.10. The minimum atomic E-state index is -4.45. The minimum absolute atomic E-state index is 0.0945. The van der Waals surface area contributed by atoms with Crippen LogP contribution in [0.15, 0.2) is 54.6 Å². The average Bonchev–Trinajstić information content (AvgIpc) is 2.46. The van der Waals surface area contributed by atoms with Crippen LogP contribution in [0.3, 0.4) is 0 Å². The Bertz CT molecular complexity index is 606. The van der Waals surface area contributed by atoms with Crippen molar-refractivity contribution < 1.29 is 22.7 Å². The Morgan fingerprint density at radius 1 is 1.00 bits per heavy atom. The Labute approximate surface area is 120 Å². The van der Waals surface area contributed by atoms with Crippen molar-refractivity contribution in [2.75, 3.05) is 0 Å². The van der Waals surface area contributed by atoms with E-state index in [4.69, 9.17) is 4.74 Å². The molecule has 0 aliphatic carbocycles. The monoisotopic (exact) mass is 294 g/mol. The highest BCUT2D eigenvalue weighted by Crippen LogP contribution is 2.31. The van der Waals surface area contributed by atoms with Crippen LogP contribution in [0.25, 0.3) is 0 Å². The van der Waals surface area contributed by atoms with Crippen LogP contribution in [0.4, 0.5) is 13.2 Å². The lowest BCUT2D eigenvalue weighted by atomic mass is 10.1. The maximum Gasteiger partial charge on any atom is 0.416 e. The van der Waals surface area contributed by atoms with E-state index >= 15 is 0 Å². The number of hydrogen-bond acceptors (Lipinski definition) is 2. The number of esters is 1. The predicted octanol–water partition coefficient (Wildman–Crippen LogP) is 4.24. The van der Waals surface area contributed by atoms with Gasteiger partial charge in [0, 0.05) is 6.42 Å². The quantitative estimate of drug-likeness (QED) is 0.622. The maximum absolute atomic E-state index is 12.5. The Morgan fingerprint density at radius 2 is 1.71 bits per heavy atom. The Kier molecular flexibility index (Phi) is 4.62. The standard InChI is InChI=1S/C16H13F3O2/c17-16(18,19)13-7-4-8-14(11-13)21-15(20)10-9-12-5-2-1-3-6-12/h1-8,11H,9-10H2. The van der Waals surface area contributed by atoms with E-state index in [1.54, 1.807) is 0 Å². The fourth-order valence-corrected chi connectivity index (χ4v) is 1.81. The van der Waals surface area contributed by atoms with E-state index in [2.05, 4.69) is 0 Å². The summed E-state index contributed by atoms with van der Waals surface area (Å²) in [6.45, 7) is 0. The van der Waals surface area contributed by atoms with Gasteiger partial charge >= 0.3 is 12.1 Å². The molecule has 0 aliphatic heterocycles. The van der Waals surface area contributed by atoms with Crippen molar-refractivity contribution in [1.82, 2.24) is 0 Å². The summed E-state index contributed by atoms with van der Waals surface area (Å²) < 4.78 is 42.5. The summed E-state index contributed by atoms with van der Waals surface area (Å²) in [5, 5.41) is 0. The van der Waals surface area contributed by atoms with Gasteiger partial charge in [-0.3, -0.25) is 4.79 Å². The van der Waals surface area contributed by atoms with Crippen molar-refractivity contribution in [1.29, 1.82) is 0 Å². The normalized spacial score (nSPS) is 11.2. The Hall–Kier alpha value is -2.30. The molecule has 0 amide bonds. The van der Waals surface area contributed by atoms with Crippen molar-refractivity contribution in [2.24, 2.45) is 0 Å². The molecule has 110 valence electrons. The minimum Gasteiger partial charge on any atom is -0.427 e. The van der Waals surface area contributed by atoms with Crippen LogP contribution in [0.5, 0.6) is 5.75 Å². The molecule has 2 aromatic rings. The number of rotatable bonds is 4. The van der Waals surface area contributed by atoms with Gasteiger partial charge in [0.2, 0.25) is 0 Å². The molecule has 0 fully saturated rings. The van der Waals surface area contributed by atoms with Gasteiger partial charge in [0.1, 0.15) is 5.75 Å². The number of carbonyl (C=O) groups is 1. The van der Waals surface area contributed by atoms with E-state index in [1.165, 1.54) is 12.1 Å². The third-order valence-electron chi connectivity index (χ3n) is 2.85. The molecule has 0 radical (unpaired) electrons. The smallest absolute Gasteiger partial charge is 0.416 e. The van der Waals surface area contributed by atoms with Gasteiger partial charge in [-0.1, -0.05) is 36.4 Å². The third-order valence-corrected chi connectivity index (χ3v) is 2.85. The number of ether oxygens (including phenoxy) is 1. The highest BCUT2D eigenvalue weighted by Gasteiger charge is 2.30. The van der Waals surface area contributed by atoms with Crippen LogP contribution in [0.2, 0.25) is 0 Å². The van der Waals surface area contributed by atoms with Crippen LogP contribution in [-0.2, 0) is 17.4 Å². The van der Waals surface area contributed by atoms with Gasteiger partial charge in [-0.05, 0) is 30.2 Å². The van der Waals surface area contributed by atoms with E-state index in [0.29, 0.717) is 6.42 Å². The molecule has 0 unspecified atom stereocenters. The first-order chi connectivity index (χ1) is 9.95. The van der Waals surface area contributed by atoms with E-state index in [1.807, 2.05) is 30.3 Å². The first-order valence-corrected chi connectivity index (χ1v) is 6.37. The molecule has 2 aromatic carbocycles. The third kappa shape index (κ3) is 4.63. The van der Waals surface area contributed by atoms with Crippen molar-refractivity contribution in [3.8, 4) is 5.75 Å². The topological polar surface area (TPSA) is 26.3 Å². The predicted molar refractivity (Wildman–Crippen MR) is 71.8 cm³/mol. The van der Waals surface area contributed by atoms with Crippen LogP contribution >= 0.6 is 0 Å². The lowest BCUT2D eigenvalue weighted by Gasteiger charge is -2.09. The molecule has 0 aromatic heterocycles. The van der Waals surface area contributed by atoms with Gasteiger partial charge in [-0.25, -0.2) is 0 Å². The van der Waals surface area contributed by atoms with Gasteiger partial charge in [0.15, 0.2) is 0 Å². The van der Waals surface area contributed by atoms with Crippen LogP contribution in [0.1, 0.15) is 17.5 Å². The molecule has 0 saturated carbocycles. The molecule has 0 spiro atoms. The van der Waals surface area contributed by atoms with Gasteiger partial charge in [-0.15, -0.1) is 0 Å². The van der Waals surface area contributed by atoms with E-state index < -0.39 is 17.7 Å². The number of aryl methyl sites for hydroxylation is 1. The molecule has 0 atom stereocenters. The number of hydrogen-bond donors (Lipinski definition) is 0. The summed E-state index contributed by atoms with van der Waals surface area (Å²) in [4.78, 5) is 11.6. The second-order valence-electron chi connectivity index (χ2n) is 4.49. The summed E-state index contributed by atoms with van der Waals surface area (Å²) in [5.74, 6) is -0.652. The molecule has 5 heteroatoms. The molecule has 0 N–H and O–H groups in total. The van der Waals surface area contributed by atoms with Crippen molar-refractivity contribution in [3.63, 3.8) is 0 Å². The largest absolute Gasteiger partial charge is 0.427 e. The van der Waals surface area contributed by atoms with Crippen LogP contribution in [0, 0.1) is 0 Å². The van der Waals surface area contributed by atoms with Crippen LogP contribution in [-0.4, -0.2) is 5.97 Å². The Balaban J connectivity index is 1.94. The van der Waals surface area contributed by atoms with E-state index in [9.17, 15) is 18.0 Å². The number of carbonyl (C=O) groups excluding carboxylic acids is 1. The van der Waals surface area contributed by atoms with Crippen molar-refractivity contribution in [2.45, 2.75) is 19.0 Å². The van der Waals surface area contributed by atoms with Crippen molar-refractivity contribution in [3.05, 3.63) is 65.7 Å². The average molecular weight is 294 g/mol. The van der Waals surface area contributed by atoms with Gasteiger partial charge in [0.25, 0.3) is 0 Å². The molecule has 0 aliphatic rings.